The molecule has 8 heavy (non-hydrogen) atoms. The summed E-state index contributed by atoms with van der Waals surface area (Å²) in [6.07, 6.45) is 5.35. The fourth-order valence-electron chi connectivity index (χ4n) is 0.324. The van der Waals surface area contributed by atoms with E-state index in [0.29, 0.717) is 0 Å². The second kappa shape index (κ2) is 6.01. The van der Waals surface area contributed by atoms with Crippen LogP contribution in [0.15, 0.2) is 17.9 Å². The molecule has 0 saturated carbocycles. The van der Waals surface area contributed by atoms with Crippen molar-refractivity contribution >= 4 is 0 Å². The minimum absolute atomic E-state index is 1.01. The second-order valence-electron chi connectivity index (χ2n) is 1.43. The SMILES string of the molecule is CCCC=C=CC#N. The third-order valence-electron chi connectivity index (χ3n) is 0.699. The molecule has 0 aromatic carbocycles. The van der Waals surface area contributed by atoms with Crippen molar-refractivity contribution in [2.75, 3.05) is 0 Å². The molecule has 0 aliphatic rings. The van der Waals surface area contributed by atoms with Gasteiger partial charge in [-0.3, -0.25) is 0 Å². The van der Waals surface area contributed by atoms with Crippen molar-refractivity contribution in [2.45, 2.75) is 19.8 Å². The smallest absolute Gasteiger partial charge is 0.0996 e. The minimum atomic E-state index is 1.01. The van der Waals surface area contributed by atoms with Gasteiger partial charge < -0.3 is 0 Å². The molecule has 0 aromatic rings. The summed E-state index contributed by atoms with van der Waals surface area (Å²) in [4.78, 5) is 0. The summed E-state index contributed by atoms with van der Waals surface area (Å²) < 4.78 is 0. The standard InChI is InChI=1S/C7H9N/c1-2-3-4-5-6-7-8/h4,6H,2-3H2,1H3. The fraction of sp³-hybridized carbons (Fsp3) is 0.429. The molecular formula is C7H9N. The molecular weight excluding hydrogens is 98.1 g/mol. The monoisotopic (exact) mass is 107 g/mol. The molecule has 0 spiro atoms. The molecule has 0 aromatic heterocycles. The zero-order valence-electron chi connectivity index (χ0n) is 5.02. The molecule has 0 aliphatic heterocycles. The van der Waals surface area contributed by atoms with E-state index >= 15 is 0 Å². The van der Waals surface area contributed by atoms with Crippen LogP contribution in [0.2, 0.25) is 0 Å². The maximum Gasteiger partial charge on any atom is 0.0996 e. The number of nitrogens with zero attached hydrogens (tertiary/aromatic N) is 1. The van der Waals surface area contributed by atoms with E-state index in [1.54, 1.807) is 0 Å². The van der Waals surface area contributed by atoms with E-state index in [1.165, 1.54) is 6.08 Å². The Bertz CT molecular complexity index is 133. The fourth-order valence-corrected chi connectivity index (χ4v) is 0.324. The topological polar surface area (TPSA) is 23.8 Å². The molecule has 0 N–H and O–H groups in total. The Labute approximate surface area is 49.9 Å². The predicted octanol–water partition coefficient (Wildman–Crippen LogP) is 2.02. The lowest BCUT2D eigenvalue weighted by atomic mass is 10.3. The van der Waals surface area contributed by atoms with Gasteiger partial charge in [0.1, 0.15) is 0 Å². The Morgan fingerprint density at radius 1 is 1.62 bits per heavy atom. The molecule has 0 unspecified atom stereocenters. The molecule has 1 nitrogen and oxygen atoms in total. The summed E-state index contributed by atoms with van der Waals surface area (Å²) in [7, 11) is 0. The van der Waals surface area contributed by atoms with Crippen LogP contribution in [-0.2, 0) is 0 Å². The summed E-state index contributed by atoms with van der Waals surface area (Å²) in [5.74, 6) is 0. The summed E-state index contributed by atoms with van der Waals surface area (Å²) in [5.41, 5.74) is 2.72. The van der Waals surface area contributed by atoms with E-state index in [4.69, 9.17) is 5.26 Å². The van der Waals surface area contributed by atoms with E-state index in [1.807, 2.05) is 12.1 Å². The van der Waals surface area contributed by atoms with Crippen LogP contribution in [0.25, 0.3) is 0 Å². The van der Waals surface area contributed by atoms with Crippen LogP contribution >= 0.6 is 0 Å². The van der Waals surface area contributed by atoms with Crippen LogP contribution in [0.4, 0.5) is 0 Å². The first-order chi connectivity index (χ1) is 3.91. The number of nitriles is 1. The molecule has 0 atom stereocenters. The van der Waals surface area contributed by atoms with E-state index in [0.717, 1.165) is 12.8 Å². The normalized spacial score (nSPS) is 6.50. The lowest BCUT2D eigenvalue weighted by molar-refractivity contribution is 0.960. The van der Waals surface area contributed by atoms with Crippen LogP contribution in [0.1, 0.15) is 19.8 Å². The number of hydrogen-bond acceptors (Lipinski definition) is 1. The third-order valence-corrected chi connectivity index (χ3v) is 0.699. The Kier molecular flexibility index (Phi) is 5.27. The van der Waals surface area contributed by atoms with Gasteiger partial charge in [-0.2, -0.15) is 5.26 Å². The van der Waals surface area contributed by atoms with Gasteiger partial charge in [0.15, 0.2) is 0 Å². The lowest BCUT2D eigenvalue weighted by Gasteiger charge is -1.73. The van der Waals surface area contributed by atoms with Gasteiger partial charge in [0.2, 0.25) is 0 Å². The van der Waals surface area contributed by atoms with Crippen molar-refractivity contribution in [3.05, 3.63) is 17.9 Å². The minimum Gasteiger partial charge on any atom is -0.192 e. The van der Waals surface area contributed by atoms with E-state index in [2.05, 4.69) is 12.7 Å². The van der Waals surface area contributed by atoms with Crippen molar-refractivity contribution in [3.63, 3.8) is 0 Å². The zero-order chi connectivity index (χ0) is 6.24. The van der Waals surface area contributed by atoms with Crippen molar-refractivity contribution in [1.29, 1.82) is 5.26 Å². The molecule has 0 fully saturated rings. The van der Waals surface area contributed by atoms with Gasteiger partial charge in [-0.1, -0.05) is 13.3 Å². The van der Waals surface area contributed by atoms with Gasteiger partial charge in [-0.15, -0.1) is 5.73 Å². The maximum absolute atomic E-state index is 7.98. The summed E-state index contributed by atoms with van der Waals surface area (Å²) >= 11 is 0. The van der Waals surface area contributed by atoms with Crippen LogP contribution in [0.5, 0.6) is 0 Å². The average Bonchev–Trinajstić information content (AvgIpc) is 1.81. The molecule has 0 amide bonds. The zero-order valence-corrected chi connectivity index (χ0v) is 5.02. The quantitative estimate of drug-likeness (QED) is 0.391. The van der Waals surface area contributed by atoms with Crippen molar-refractivity contribution in [1.82, 2.24) is 0 Å². The van der Waals surface area contributed by atoms with Crippen LogP contribution in [0.3, 0.4) is 0 Å². The number of unbranched alkanes of at least 4 members (excludes halogenated alkanes) is 1. The first kappa shape index (κ1) is 7.01. The maximum atomic E-state index is 7.98. The van der Waals surface area contributed by atoms with E-state index < -0.39 is 0 Å². The van der Waals surface area contributed by atoms with Gasteiger partial charge >= 0.3 is 0 Å². The first-order valence-corrected chi connectivity index (χ1v) is 2.70. The Hall–Kier alpha value is -0.990. The van der Waals surface area contributed by atoms with Crippen LogP contribution in [-0.4, -0.2) is 0 Å². The van der Waals surface area contributed by atoms with E-state index in [9.17, 15) is 0 Å². The number of hydrogen-bond donors (Lipinski definition) is 0. The van der Waals surface area contributed by atoms with Crippen molar-refractivity contribution in [2.24, 2.45) is 0 Å². The average molecular weight is 107 g/mol. The molecule has 0 radical (unpaired) electrons. The lowest BCUT2D eigenvalue weighted by Crippen LogP contribution is -1.55. The van der Waals surface area contributed by atoms with Gasteiger partial charge in [0.05, 0.1) is 12.1 Å². The van der Waals surface area contributed by atoms with Crippen molar-refractivity contribution in [3.8, 4) is 6.07 Å². The Morgan fingerprint density at radius 3 is 2.88 bits per heavy atom. The van der Waals surface area contributed by atoms with E-state index in [-0.39, 0.29) is 0 Å². The molecule has 0 heterocycles. The predicted molar refractivity (Wildman–Crippen MR) is 33.2 cm³/mol. The summed E-state index contributed by atoms with van der Waals surface area (Å²) in [6, 6.07) is 1.86. The Morgan fingerprint density at radius 2 is 2.38 bits per heavy atom. The second-order valence-corrected chi connectivity index (χ2v) is 1.43. The third kappa shape index (κ3) is 5.01. The Balaban J connectivity index is 3.36. The van der Waals surface area contributed by atoms with Gasteiger partial charge in [-0.25, -0.2) is 0 Å². The van der Waals surface area contributed by atoms with Crippen LogP contribution in [0, 0.1) is 11.3 Å². The number of rotatable bonds is 2. The molecule has 1 heteroatoms. The van der Waals surface area contributed by atoms with Crippen LogP contribution < -0.4 is 0 Å². The largest absolute Gasteiger partial charge is 0.192 e. The summed E-state index contributed by atoms with van der Waals surface area (Å²) in [5, 5.41) is 7.98. The molecule has 0 bridgehead atoms. The van der Waals surface area contributed by atoms with Gasteiger partial charge in [-0.05, 0) is 12.5 Å². The highest BCUT2D eigenvalue weighted by atomic mass is 14.2. The number of allylic oxidation sites excluding steroid dienone is 1. The first-order valence-electron chi connectivity index (χ1n) is 2.70. The summed E-state index contributed by atoms with van der Waals surface area (Å²) in [6.45, 7) is 2.09. The van der Waals surface area contributed by atoms with Gasteiger partial charge in [0.25, 0.3) is 0 Å². The molecule has 0 aliphatic carbocycles. The van der Waals surface area contributed by atoms with Crippen molar-refractivity contribution < 1.29 is 0 Å². The molecule has 0 rings (SSSR count). The highest BCUT2D eigenvalue weighted by Crippen LogP contribution is 1.84. The highest BCUT2D eigenvalue weighted by Gasteiger charge is 1.65. The van der Waals surface area contributed by atoms with Gasteiger partial charge in [0, 0.05) is 0 Å². The molecule has 42 valence electrons. The molecule has 0 saturated heterocycles. The highest BCUT2D eigenvalue weighted by molar-refractivity contribution is 5.01.